The predicted molar refractivity (Wildman–Crippen MR) is 127 cm³/mol. The fourth-order valence-corrected chi connectivity index (χ4v) is 5.21. The van der Waals surface area contributed by atoms with Crippen molar-refractivity contribution in [3.63, 3.8) is 0 Å². The van der Waals surface area contributed by atoms with Crippen molar-refractivity contribution in [3.8, 4) is 0 Å². The number of aliphatic hydroxyl groups excluding tert-OH is 2. The lowest BCUT2D eigenvalue weighted by atomic mass is 9.90. The molecule has 3 rings (SSSR count). The Kier molecular flexibility index (Phi) is 9.35. The highest BCUT2D eigenvalue weighted by molar-refractivity contribution is 5.90. The van der Waals surface area contributed by atoms with Crippen molar-refractivity contribution in [2.45, 2.75) is 83.3 Å². The molecule has 0 radical (unpaired) electrons. The maximum Gasteiger partial charge on any atom is 0.224 e. The number of carbonyl (C=O) groups excluding carboxylic acids is 1. The van der Waals surface area contributed by atoms with Gasteiger partial charge in [-0.05, 0) is 62.5 Å². The second-order valence-corrected chi connectivity index (χ2v) is 9.33. The lowest BCUT2D eigenvalue weighted by Crippen LogP contribution is -2.17. The third-order valence-electron chi connectivity index (χ3n) is 6.87. The summed E-state index contributed by atoms with van der Waals surface area (Å²) in [6, 6.07) is 9.59. The number of rotatable bonds is 11. The van der Waals surface area contributed by atoms with Crippen molar-refractivity contribution < 1.29 is 15.0 Å². The number of para-hydroxylation sites is 1. The first-order chi connectivity index (χ1) is 15.1. The Morgan fingerprint density at radius 3 is 2.77 bits per heavy atom. The van der Waals surface area contributed by atoms with Crippen LogP contribution in [0.5, 0.6) is 0 Å². The molecule has 4 heteroatoms. The zero-order valence-corrected chi connectivity index (χ0v) is 18.9. The third-order valence-corrected chi connectivity index (χ3v) is 6.87. The Labute approximate surface area is 187 Å². The SMILES string of the molecule is CCCCC[C@H](O)/C=C/[C@@H]1[C@H]2C/C(=C/CCCC(=O)Nc3ccccc3)C[C@H]2C[C@H]1O. The smallest absolute Gasteiger partial charge is 0.224 e. The summed E-state index contributed by atoms with van der Waals surface area (Å²) in [4.78, 5) is 12.1. The molecule has 0 spiro atoms. The topological polar surface area (TPSA) is 69.6 Å². The Morgan fingerprint density at radius 2 is 2.00 bits per heavy atom. The van der Waals surface area contributed by atoms with E-state index in [-0.39, 0.29) is 17.9 Å². The van der Waals surface area contributed by atoms with E-state index in [1.165, 1.54) is 5.57 Å². The molecule has 5 atom stereocenters. The van der Waals surface area contributed by atoms with Gasteiger partial charge in [-0.2, -0.15) is 0 Å². The number of hydrogen-bond donors (Lipinski definition) is 3. The van der Waals surface area contributed by atoms with E-state index in [1.807, 2.05) is 36.4 Å². The van der Waals surface area contributed by atoms with E-state index in [4.69, 9.17) is 0 Å². The quantitative estimate of drug-likeness (QED) is 0.318. The minimum absolute atomic E-state index is 0.0682. The maximum absolute atomic E-state index is 12.1. The zero-order valence-electron chi connectivity index (χ0n) is 18.9. The first-order valence-corrected chi connectivity index (χ1v) is 12.1. The first kappa shape index (κ1) is 23.7. The molecule has 0 bridgehead atoms. The monoisotopic (exact) mass is 425 g/mol. The molecule has 31 heavy (non-hydrogen) atoms. The van der Waals surface area contributed by atoms with Crippen molar-refractivity contribution in [2.75, 3.05) is 5.32 Å². The van der Waals surface area contributed by atoms with E-state index < -0.39 is 6.10 Å². The summed E-state index contributed by atoms with van der Waals surface area (Å²) in [6.45, 7) is 2.17. The lowest BCUT2D eigenvalue weighted by Gasteiger charge is -2.17. The van der Waals surface area contributed by atoms with E-state index in [2.05, 4.69) is 24.4 Å². The van der Waals surface area contributed by atoms with Crippen LogP contribution in [0.15, 0.2) is 54.1 Å². The van der Waals surface area contributed by atoms with Gasteiger partial charge >= 0.3 is 0 Å². The molecular weight excluding hydrogens is 386 g/mol. The van der Waals surface area contributed by atoms with Crippen LogP contribution in [0.1, 0.15) is 71.1 Å². The molecule has 1 aromatic rings. The van der Waals surface area contributed by atoms with E-state index in [9.17, 15) is 15.0 Å². The summed E-state index contributed by atoms with van der Waals surface area (Å²) in [7, 11) is 0. The van der Waals surface area contributed by atoms with Gasteiger partial charge in [-0.3, -0.25) is 4.79 Å². The van der Waals surface area contributed by atoms with Crippen molar-refractivity contribution in [1.82, 2.24) is 0 Å². The van der Waals surface area contributed by atoms with Crippen LogP contribution >= 0.6 is 0 Å². The Bertz CT molecular complexity index is 742. The number of unbranched alkanes of at least 4 members (excludes halogenated alkanes) is 3. The van der Waals surface area contributed by atoms with Crippen molar-refractivity contribution in [3.05, 3.63) is 54.1 Å². The summed E-state index contributed by atoms with van der Waals surface area (Å²) in [5, 5.41) is 23.6. The van der Waals surface area contributed by atoms with Crippen LogP contribution in [0.25, 0.3) is 0 Å². The fourth-order valence-electron chi connectivity index (χ4n) is 5.21. The number of fused-ring (bicyclic) bond motifs is 1. The molecule has 3 N–H and O–H groups in total. The highest BCUT2D eigenvalue weighted by Crippen LogP contribution is 2.50. The Morgan fingerprint density at radius 1 is 1.19 bits per heavy atom. The number of amides is 1. The van der Waals surface area contributed by atoms with Gasteiger partial charge in [-0.1, -0.05) is 68.2 Å². The van der Waals surface area contributed by atoms with Gasteiger partial charge in [0.2, 0.25) is 5.91 Å². The standard InChI is InChI=1S/C27H39NO3/c1-2-3-5-13-23(29)15-16-24-25-18-20(17-21(25)19-26(24)30)10-8-9-14-27(31)28-22-11-6-4-7-12-22/h4,6-7,10-12,15-16,21,23-26,29-30H,2-3,5,8-9,13-14,17-19H2,1H3,(H,28,31)/b16-15+,20-10+/t21-,23-,24+,25-,26+/m0/s1. The van der Waals surface area contributed by atoms with Gasteiger partial charge in [-0.25, -0.2) is 0 Å². The molecule has 1 aromatic carbocycles. The van der Waals surface area contributed by atoms with Crippen LogP contribution in [0.4, 0.5) is 5.69 Å². The van der Waals surface area contributed by atoms with Crippen molar-refractivity contribution >= 4 is 11.6 Å². The van der Waals surface area contributed by atoms with Gasteiger partial charge in [0, 0.05) is 18.0 Å². The summed E-state index contributed by atoms with van der Waals surface area (Å²) in [6.07, 6.45) is 15.1. The Hall–Kier alpha value is -1.91. The minimum atomic E-state index is -0.392. The van der Waals surface area contributed by atoms with Gasteiger partial charge in [0.25, 0.3) is 0 Å². The Balaban J connectivity index is 1.41. The molecular formula is C27H39NO3. The number of nitrogens with one attached hydrogen (secondary N) is 1. The number of allylic oxidation sites excluding steroid dienone is 2. The molecule has 4 nitrogen and oxygen atoms in total. The molecule has 0 unspecified atom stereocenters. The van der Waals surface area contributed by atoms with E-state index in [0.29, 0.717) is 18.3 Å². The van der Waals surface area contributed by atoms with E-state index in [0.717, 1.165) is 63.5 Å². The third kappa shape index (κ3) is 7.33. The van der Waals surface area contributed by atoms with E-state index in [1.54, 1.807) is 0 Å². The summed E-state index contributed by atoms with van der Waals surface area (Å²) in [5.74, 6) is 1.27. The fraction of sp³-hybridized carbons (Fsp3) is 0.593. The van der Waals surface area contributed by atoms with E-state index >= 15 is 0 Å². The summed E-state index contributed by atoms with van der Waals surface area (Å²) in [5.41, 5.74) is 2.33. The highest BCUT2D eigenvalue weighted by Gasteiger charge is 2.44. The van der Waals surface area contributed by atoms with Crippen molar-refractivity contribution in [2.24, 2.45) is 17.8 Å². The predicted octanol–water partition coefficient (Wildman–Crippen LogP) is 5.63. The second kappa shape index (κ2) is 12.2. The number of carbonyl (C=O) groups is 1. The molecule has 2 aliphatic rings. The molecule has 2 fully saturated rings. The normalized spacial score (nSPS) is 27.6. The number of hydrogen-bond acceptors (Lipinski definition) is 3. The average Bonchev–Trinajstić information content (AvgIpc) is 3.27. The van der Waals surface area contributed by atoms with Gasteiger partial charge in [0.15, 0.2) is 0 Å². The number of anilines is 1. The van der Waals surface area contributed by atoms with Crippen LogP contribution in [0.2, 0.25) is 0 Å². The van der Waals surface area contributed by atoms with Crippen molar-refractivity contribution in [1.29, 1.82) is 0 Å². The summed E-state index contributed by atoms with van der Waals surface area (Å²) < 4.78 is 0. The van der Waals surface area contributed by atoms with Crippen LogP contribution in [-0.4, -0.2) is 28.3 Å². The van der Waals surface area contributed by atoms with Crippen LogP contribution < -0.4 is 5.32 Å². The van der Waals surface area contributed by atoms with Gasteiger partial charge in [0.05, 0.1) is 12.2 Å². The summed E-state index contributed by atoms with van der Waals surface area (Å²) >= 11 is 0. The maximum atomic E-state index is 12.1. The molecule has 0 aliphatic heterocycles. The molecule has 170 valence electrons. The number of benzene rings is 1. The van der Waals surface area contributed by atoms with Gasteiger partial charge < -0.3 is 15.5 Å². The molecule has 0 heterocycles. The number of aliphatic hydroxyl groups is 2. The van der Waals surface area contributed by atoms with Crippen LogP contribution in [0.3, 0.4) is 0 Å². The highest BCUT2D eigenvalue weighted by atomic mass is 16.3. The molecule has 0 aromatic heterocycles. The first-order valence-electron chi connectivity index (χ1n) is 12.1. The zero-order chi connectivity index (χ0) is 22.1. The second-order valence-electron chi connectivity index (χ2n) is 9.33. The molecule has 2 saturated carbocycles. The average molecular weight is 426 g/mol. The molecule has 1 amide bonds. The van der Waals surface area contributed by atoms with Gasteiger partial charge in [-0.15, -0.1) is 0 Å². The largest absolute Gasteiger partial charge is 0.392 e. The van der Waals surface area contributed by atoms with Gasteiger partial charge in [0.1, 0.15) is 0 Å². The molecule has 2 aliphatic carbocycles. The minimum Gasteiger partial charge on any atom is -0.392 e. The lowest BCUT2D eigenvalue weighted by molar-refractivity contribution is -0.116. The molecule has 0 saturated heterocycles. The van der Waals surface area contributed by atoms with Crippen LogP contribution in [-0.2, 0) is 4.79 Å². The van der Waals surface area contributed by atoms with Crippen LogP contribution in [0, 0.1) is 17.8 Å².